The van der Waals surface area contributed by atoms with Crippen molar-refractivity contribution in [1.82, 2.24) is 4.37 Å². The van der Waals surface area contributed by atoms with Crippen LogP contribution in [0.1, 0.15) is 34.1 Å². The van der Waals surface area contributed by atoms with Crippen LogP contribution in [0.25, 0.3) is 0 Å². The van der Waals surface area contributed by atoms with Gasteiger partial charge in [-0.3, -0.25) is 0 Å². The third-order valence-corrected chi connectivity index (χ3v) is 3.62. The molecule has 0 saturated heterocycles. The number of rotatable bonds is 4. The standard InChI is InChI=1S/C11H19N3OS/c1-6(2)15-8-9(12)14-16-10(8)13-7-5-11(7,3)4/h6-7,13H,5H2,1-4H3,(H2,12,14). The van der Waals surface area contributed by atoms with Gasteiger partial charge in [-0.05, 0) is 37.2 Å². The van der Waals surface area contributed by atoms with Crippen molar-refractivity contribution in [2.24, 2.45) is 5.41 Å². The zero-order chi connectivity index (χ0) is 11.9. The van der Waals surface area contributed by atoms with E-state index in [0.29, 0.717) is 23.0 Å². The van der Waals surface area contributed by atoms with E-state index in [0.717, 1.165) is 5.00 Å². The average molecular weight is 241 g/mol. The Morgan fingerprint density at radius 3 is 2.69 bits per heavy atom. The summed E-state index contributed by atoms with van der Waals surface area (Å²) in [6.07, 6.45) is 1.30. The zero-order valence-corrected chi connectivity index (χ0v) is 11.0. The second-order valence-electron chi connectivity index (χ2n) is 5.28. The van der Waals surface area contributed by atoms with Crippen LogP contribution in [0.2, 0.25) is 0 Å². The summed E-state index contributed by atoms with van der Waals surface area (Å²) < 4.78 is 9.80. The molecule has 1 aliphatic rings. The summed E-state index contributed by atoms with van der Waals surface area (Å²) in [6, 6.07) is 0.516. The Morgan fingerprint density at radius 2 is 2.19 bits per heavy atom. The van der Waals surface area contributed by atoms with Gasteiger partial charge >= 0.3 is 0 Å². The molecule has 1 aromatic heterocycles. The molecule has 16 heavy (non-hydrogen) atoms. The van der Waals surface area contributed by atoms with Gasteiger partial charge in [-0.2, -0.15) is 4.37 Å². The highest BCUT2D eigenvalue weighted by Gasteiger charge is 2.46. The largest absolute Gasteiger partial charge is 0.484 e. The fourth-order valence-electron chi connectivity index (χ4n) is 1.61. The molecular formula is C11H19N3OS. The highest BCUT2D eigenvalue weighted by atomic mass is 32.1. The Morgan fingerprint density at radius 1 is 1.56 bits per heavy atom. The molecule has 1 aromatic rings. The van der Waals surface area contributed by atoms with Gasteiger partial charge in [0.2, 0.25) is 0 Å². The normalized spacial score (nSPS) is 22.2. The van der Waals surface area contributed by atoms with E-state index in [4.69, 9.17) is 10.5 Å². The van der Waals surface area contributed by atoms with Crippen molar-refractivity contribution in [3.63, 3.8) is 0 Å². The van der Waals surface area contributed by atoms with Gasteiger partial charge in [-0.1, -0.05) is 13.8 Å². The number of anilines is 2. The number of nitrogens with one attached hydrogen (secondary N) is 1. The number of hydrogen-bond acceptors (Lipinski definition) is 5. The van der Waals surface area contributed by atoms with Gasteiger partial charge < -0.3 is 15.8 Å². The fraction of sp³-hybridized carbons (Fsp3) is 0.727. The molecule has 0 bridgehead atoms. The Balaban J connectivity index is 2.09. The van der Waals surface area contributed by atoms with Crippen molar-refractivity contribution in [2.45, 2.75) is 46.3 Å². The van der Waals surface area contributed by atoms with Crippen molar-refractivity contribution in [3.8, 4) is 5.75 Å². The minimum absolute atomic E-state index is 0.117. The summed E-state index contributed by atoms with van der Waals surface area (Å²) in [5.41, 5.74) is 6.17. The van der Waals surface area contributed by atoms with Gasteiger partial charge in [0.1, 0.15) is 0 Å². The quantitative estimate of drug-likeness (QED) is 0.851. The second kappa shape index (κ2) is 3.80. The lowest BCUT2D eigenvalue weighted by molar-refractivity contribution is 0.245. The van der Waals surface area contributed by atoms with Crippen molar-refractivity contribution in [2.75, 3.05) is 11.1 Å². The first-order valence-corrected chi connectivity index (χ1v) is 6.36. The van der Waals surface area contributed by atoms with Crippen LogP contribution in [-0.2, 0) is 0 Å². The average Bonchev–Trinajstić information content (AvgIpc) is 2.62. The number of aromatic nitrogens is 1. The number of hydrogen-bond donors (Lipinski definition) is 2. The highest BCUT2D eigenvalue weighted by Crippen LogP contribution is 2.49. The SMILES string of the molecule is CC(C)Oc1c(N)nsc1NC1CC1(C)C. The highest BCUT2D eigenvalue weighted by molar-refractivity contribution is 7.11. The molecule has 1 unspecified atom stereocenters. The van der Waals surface area contributed by atoms with Gasteiger partial charge in [-0.25, -0.2) is 0 Å². The zero-order valence-electron chi connectivity index (χ0n) is 10.2. The predicted molar refractivity (Wildman–Crippen MR) is 68.1 cm³/mol. The first-order valence-electron chi connectivity index (χ1n) is 5.58. The molecule has 0 spiro atoms. The fourth-order valence-corrected chi connectivity index (χ4v) is 2.31. The predicted octanol–water partition coefficient (Wildman–Crippen LogP) is 2.72. The summed E-state index contributed by atoms with van der Waals surface area (Å²) >= 11 is 1.38. The van der Waals surface area contributed by atoms with Crippen LogP contribution in [0.3, 0.4) is 0 Å². The second-order valence-corrected chi connectivity index (χ2v) is 6.06. The van der Waals surface area contributed by atoms with Gasteiger partial charge in [-0.15, -0.1) is 0 Å². The van der Waals surface area contributed by atoms with Gasteiger partial charge in [0.05, 0.1) is 6.10 Å². The topological polar surface area (TPSA) is 60.2 Å². The molecule has 0 radical (unpaired) electrons. The molecule has 90 valence electrons. The Bertz CT molecular complexity index is 387. The summed E-state index contributed by atoms with van der Waals surface area (Å²) in [4.78, 5) is 0. The van der Waals surface area contributed by atoms with E-state index < -0.39 is 0 Å². The lowest BCUT2D eigenvalue weighted by atomic mass is 10.2. The Hall–Kier alpha value is -0.970. The minimum Gasteiger partial charge on any atom is -0.484 e. The maximum Gasteiger partial charge on any atom is 0.197 e. The van der Waals surface area contributed by atoms with Crippen LogP contribution in [0.15, 0.2) is 0 Å². The van der Waals surface area contributed by atoms with E-state index >= 15 is 0 Å². The molecule has 3 N–H and O–H groups in total. The number of nitrogen functional groups attached to an aromatic ring is 1. The molecule has 1 aliphatic carbocycles. The van der Waals surface area contributed by atoms with Crippen LogP contribution in [-0.4, -0.2) is 16.5 Å². The molecule has 1 heterocycles. The summed E-state index contributed by atoms with van der Waals surface area (Å²) in [6.45, 7) is 8.47. The molecule has 1 saturated carbocycles. The van der Waals surface area contributed by atoms with Gasteiger partial charge in [0.25, 0.3) is 0 Å². The molecule has 5 heteroatoms. The van der Waals surface area contributed by atoms with Crippen LogP contribution in [0, 0.1) is 5.41 Å². The number of nitrogens with zero attached hydrogens (tertiary/aromatic N) is 1. The Labute approximate surface area is 100 Å². The maximum atomic E-state index is 5.79. The van der Waals surface area contributed by atoms with E-state index in [1.807, 2.05) is 13.8 Å². The molecular weight excluding hydrogens is 222 g/mol. The molecule has 1 fully saturated rings. The van der Waals surface area contributed by atoms with E-state index in [1.165, 1.54) is 18.0 Å². The summed E-state index contributed by atoms with van der Waals surface area (Å²) in [7, 11) is 0. The lowest BCUT2D eigenvalue weighted by Crippen LogP contribution is -2.11. The summed E-state index contributed by atoms with van der Waals surface area (Å²) in [5.74, 6) is 1.20. The van der Waals surface area contributed by atoms with E-state index in [1.54, 1.807) is 0 Å². The third kappa shape index (κ3) is 2.24. The van der Waals surface area contributed by atoms with Crippen LogP contribution >= 0.6 is 11.5 Å². The first-order chi connectivity index (χ1) is 7.40. The lowest BCUT2D eigenvalue weighted by Gasteiger charge is -2.12. The Kier molecular flexibility index (Phi) is 2.74. The molecule has 4 nitrogen and oxygen atoms in total. The summed E-state index contributed by atoms with van der Waals surface area (Å²) in [5, 5.41) is 4.41. The van der Waals surface area contributed by atoms with E-state index in [-0.39, 0.29) is 6.10 Å². The smallest absolute Gasteiger partial charge is 0.197 e. The molecule has 0 aliphatic heterocycles. The third-order valence-electron chi connectivity index (χ3n) is 2.85. The van der Waals surface area contributed by atoms with Crippen molar-refractivity contribution in [1.29, 1.82) is 0 Å². The van der Waals surface area contributed by atoms with Crippen molar-refractivity contribution >= 4 is 22.4 Å². The van der Waals surface area contributed by atoms with Gasteiger partial charge in [0, 0.05) is 6.04 Å². The number of nitrogens with two attached hydrogens (primary N) is 1. The van der Waals surface area contributed by atoms with E-state index in [2.05, 4.69) is 23.5 Å². The molecule has 0 amide bonds. The molecule has 1 atom stereocenters. The molecule has 2 rings (SSSR count). The monoisotopic (exact) mass is 241 g/mol. The van der Waals surface area contributed by atoms with Crippen LogP contribution in [0.4, 0.5) is 10.8 Å². The van der Waals surface area contributed by atoms with Crippen LogP contribution in [0.5, 0.6) is 5.75 Å². The first kappa shape index (κ1) is 11.5. The maximum absolute atomic E-state index is 5.79. The van der Waals surface area contributed by atoms with Crippen LogP contribution < -0.4 is 15.8 Å². The van der Waals surface area contributed by atoms with Crippen molar-refractivity contribution < 1.29 is 4.74 Å². The van der Waals surface area contributed by atoms with Crippen molar-refractivity contribution in [3.05, 3.63) is 0 Å². The molecule has 0 aromatic carbocycles. The minimum atomic E-state index is 0.117. The number of ether oxygens (including phenoxy) is 1. The van der Waals surface area contributed by atoms with E-state index in [9.17, 15) is 0 Å². The van der Waals surface area contributed by atoms with Gasteiger partial charge in [0.15, 0.2) is 16.6 Å².